The van der Waals surface area contributed by atoms with Crippen LogP contribution < -0.4 is 11.3 Å². The SMILES string of the molecule is CCCn1ccnc1CC(NN)C1CN2CCN1CC2. The molecule has 1 aromatic rings. The largest absolute Gasteiger partial charge is 0.335 e. The molecule has 2 bridgehead atoms. The van der Waals surface area contributed by atoms with Crippen molar-refractivity contribution in [2.24, 2.45) is 5.84 Å². The summed E-state index contributed by atoms with van der Waals surface area (Å²) in [6, 6.07) is 0.783. The van der Waals surface area contributed by atoms with Crippen LogP contribution in [0.3, 0.4) is 0 Å². The Hall–Kier alpha value is -0.950. The minimum absolute atomic E-state index is 0.274. The molecule has 20 heavy (non-hydrogen) atoms. The number of hydrazine groups is 1. The first-order valence-electron chi connectivity index (χ1n) is 7.74. The maximum absolute atomic E-state index is 5.84. The van der Waals surface area contributed by atoms with Crippen molar-refractivity contribution in [3.8, 4) is 0 Å². The maximum Gasteiger partial charge on any atom is 0.110 e. The zero-order valence-corrected chi connectivity index (χ0v) is 12.3. The molecule has 0 spiro atoms. The number of nitrogens with zero attached hydrogens (tertiary/aromatic N) is 4. The fourth-order valence-corrected chi connectivity index (χ4v) is 3.52. The second-order valence-electron chi connectivity index (χ2n) is 5.92. The number of piperazine rings is 3. The Kier molecular flexibility index (Phi) is 4.35. The summed E-state index contributed by atoms with van der Waals surface area (Å²) in [6.07, 6.45) is 6.00. The Morgan fingerprint density at radius 3 is 2.80 bits per heavy atom. The van der Waals surface area contributed by atoms with E-state index in [0.29, 0.717) is 6.04 Å². The molecule has 0 amide bonds. The van der Waals surface area contributed by atoms with Crippen molar-refractivity contribution in [1.29, 1.82) is 0 Å². The smallest absolute Gasteiger partial charge is 0.110 e. The van der Waals surface area contributed by atoms with E-state index in [0.717, 1.165) is 31.8 Å². The lowest BCUT2D eigenvalue weighted by Gasteiger charge is -2.50. The van der Waals surface area contributed by atoms with Crippen LogP contribution in [0.4, 0.5) is 0 Å². The summed E-state index contributed by atoms with van der Waals surface area (Å²) < 4.78 is 2.25. The second kappa shape index (κ2) is 6.22. The van der Waals surface area contributed by atoms with Crippen LogP contribution in [-0.2, 0) is 13.0 Å². The fraction of sp³-hybridized carbons (Fsp3) is 0.786. The molecule has 4 heterocycles. The summed E-state index contributed by atoms with van der Waals surface area (Å²) in [5, 5.41) is 0. The van der Waals surface area contributed by atoms with Gasteiger partial charge in [0, 0.05) is 70.2 Å². The highest BCUT2D eigenvalue weighted by molar-refractivity contribution is 5.01. The Labute approximate surface area is 120 Å². The van der Waals surface area contributed by atoms with E-state index in [4.69, 9.17) is 5.84 Å². The standard InChI is InChI=1S/C14H26N6/c1-2-4-20-5-3-16-14(20)10-12(17-15)13-11-18-6-8-19(13)9-7-18/h3,5,12-13,17H,2,4,6-11,15H2,1H3. The molecular formula is C14H26N6. The third kappa shape index (κ3) is 2.74. The minimum atomic E-state index is 0.274. The van der Waals surface area contributed by atoms with Gasteiger partial charge in [0.2, 0.25) is 0 Å². The number of nitrogens with two attached hydrogens (primary N) is 1. The lowest BCUT2D eigenvalue weighted by Crippen LogP contribution is -2.67. The van der Waals surface area contributed by atoms with Gasteiger partial charge in [-0.15, -0.1) is 0 Å². The lowest BCUT2D eigenvalue weighted by atomic mass is 9.98. The van der Waals surface area contributed by atoms with Gasteiger partial charge in [-0.1, -0.05) is 6.92 Å². The van der Waals surface area contributed by atoms with Crippen molar-refractivity contribution in [3.05, 3.63) is 18.2 Å². The first kappa shape index (κ1) is 14.0. The van der Waals surface area contributed by atoms with E-state index in [1.165, 1.54) is 26.2 Å². The number of rotatable bonds is 6. The number of nitrogens with one attached hydrogen (secondary N) is 1. The predicted octanol–water partition coefficient (Wildman–Crippen LogP) is -0.333. The molecule has 3 aliphatic rings. The zero-order valence-electron chi connectivity index (χ0n) is 12.3. The Morgan fingerprint density at radius 2 is 2.20 bits per heavy atom. The van der Waals surface area contributed by atoms with E-state index in [2.05, 4.69) is 37.9 Å². The first-order chi connectivity index (χ1) is 9.81. The lowest BCUT2D eigenvalue weighted by molar-refractivity contribution is -0.00353. The van der Waals surface area contributed by atoms with Crippen molar-refractivity contribution >= 4 is 0 Å². The van der Waals surface area contributed by atoms with Crippen LogP contribution in [0.1, 0.15) is 19.2 Å². The molecule has 2 atom stereocenters. The summed E-state index contributed by atoms with van der Waals surface area (Å²) in [5.41, 5.74) is 3.04. The zero-order chi connectivity index (χ0) is 13.9. The second-order valence-corrected chi connectivity index (χ2v) is 5.92. The van der Waals surface area contributed by atoms with Gasteiger partial charge < -0.3 is 4.57 Å². The van der Waals surface area contributed by atoms with Crippen molar-refractivity contribution in [2.45, 2.75) is 38.4 Å². The molecule has 3 N–H and O–H groups in total. The topological polar surface area (TPSA) is 62.4 Å². The molecule has 0 radical (unpaired) electrons. The summed E-state index contributed by atoms with van der Waals surface area (Å²) in [5.74, 6) is 6.99. The quantitative estimate of drug-likeness (QED) is 0.551. The Bertz CT molecular complexity index is 423. The van der Waals surface area contributed by atoms with Gasteiger partial charge in [0.25, 0.3) is 0 Å². The monoisotopic (exact) mass is 278 g/mol. The van der Waals surface area contributed by atoms with E-state index < -0.39 is 0 Å². The van der Waals surface area contributed by atoms with E-state index in [1.807, 2.05) is 6.20 Å². The van der Waals surface area contributed by atoms with Crippen molar-refractivity contribution in [1.82, 2.24) is 24.8 Å². The highest BCUT2D eigenvalue weighted by Gasteiger charge is 2.36. The van der Waals surface area contributed by atoms with Gasteiger partial charge in [-0.3, -0.25) is 21.1 Å². The molecule has 3 fully saturated rings. The van der Waals surface area contributed by atoms with E-state index >= 15 is 0 Å². The number of aromatic nitrogens is 2. The number of hydrogen-bond acceptors (Lipinski definition) is 5. The molecule has 0 saturated carbocycles. The van der Waals surface area contributed by atoms with Gasteiger partial charge in [-0.05, 0) is 6.42 Å². The molecule has 3 saturated heterocycles. The molecular weight excluding hydrogens is 252 g/mol. The number of aryl methyl sites for hydroxylation is 1. The highest BCUT2D eigenvalue weighted by atomic mass is 15.4. The normalized spacial score (nSPS) is 30.6. The van der Waals surface area contributed by atoms with Crippen molar-refractivity contribution < 1.29 is 0 Å². The third-order valence-corrected chi connectivity index (χ3v) is 4.67. The van der Waals surface area contributed by atoms with Gasteiger partial charge in [0.1, 0.15) is 5.82 Å². The molecule has 0 aromatic carbocycles. The summed E-state index contributed by atoms with van der Waals surface area (Å²) in [7, 11) is 0. The molecule has 6 nitrogen and oxygen atoms in total. The van der Waals surface area contributed by atoms with E-state index in [-0.39, 0.29) is 6.04 Å². The number of fused-ring (bicyclic) bond motifs is 3. The van der Waals surface area contributed by atoms with Crippen molar-refractivity contribution in [3.63, 3.8) is 0 Å². The fourth-order valence-electron chi connectivity index (χ4n) is 3.52. The molecule has 3 aliphatic heterocycles. The van der Waals surface area contributed by atoms with Crippen LogP contribution in [0, 0.1) is 0 Å². The number of hydrogen-bond donors (Lipinski definition) is 2. The molecule has 0 aliphatic carbocycles. The van der Waals surface area contributed by atoms with E-state index in [9.17, 15) is 0 Å². The summed E-state index contributed by atoms with van der Waals surface area (Å²) in [6.45, 7) is 9.12. The predicted molar refractivity (Wildman–Crippen MR) is 79.1 cm³/mol. The van der Waals surface area contributed by atoms with Crippen LogP contribution in [0.2, 0.25) is 0 Å². The molecule has 112 valence electrons. The van der Waals surface area contributed by atoms with Crippen LogP contribution in [0.5, 0.6) is 0 Å². The Morgan fingerprint density at radius 1 is 1.40 bits per heavy atom. The van der Waals surface area contributed by atoms with Crippen LogP contribution in [0.25, 0.3) is 0 Å². The van der Waals surface area contributed by atoms with Crippen LogP contribution in [-0.4, -0.2) is 64.2 Å². The summed E-state index contributed by atoms with van der Waals surface area (Å²) >= 11 is 0. The Balaban J connectivity index is 1.69. The molecule has 4 rings (SSSR count). The molecule has 1 aromatic heterocycles. The first-order valence-corrected chi connectivity index (χ1v) is 7.74. The van der Waals surface area contributed by atoms with Gasteiger partial charge in [0.05, 0.1) is 0 Å². The number of imidazole rings is 1. The van der Waals surface area contributed by atoms with Crippen molar-refractivity contribution in [2.75, 3.05) is 32.7 Å². The van der Waals surface area contributed by atoms with Crippen LogP contribution >= 0.6 is 0 Å². The molecule has 2 unspecified atom stereocenters. The highest BCUT2D eigenvalue weighted by Crippen LogP contribution is 2.20. The van der Waals surface area contributed by atoms with Gasteiger partial charge in [-0.25, -0.2) is 4.98 Å². The third-order valence-electron chi connectivity index (χ3n) is 4.67. The average Bonchev–Trinajstić information content (AvgIpc) is 2.93. The molecule has 6 heteroatoms. The van der Waals surface area contributed by atoms with E-state index in [1.54, 1.807) is 0 Å². The average molecular weight is 278 g/mol. The maximum atomic E-state index is 5.84. The van der Waals surface area contributed by atoms with Crippen LogP contribution in [0.15, 0.2) is 12.4 Å². The minimum Gasteiger partial charge on any atom is -0.335 e. The van der Waals surface area contributed by atoms with Gasteiger partial charge in [0.15, 0.2) is 0 Å². The van der Waals surface area contributed by atoms with Gasteiger partial charge >= 0.3 is 0 Å². The van der Waals surface area contributed by atoms with Gasteiger partial charge in [-0.2, -0.15) is 0 Å². The summed E-state index contributed by atoms with van der Waals surface area (Å²) in [4.78, 5) is 9.64.